The van der Waals surface area contributed by atoms with Crippen LogP contribution in [0.2, 0.25) is 0 Å². The van der Waals surface area contributed by atoms with E-state index in [4.69, 9.17) is 0 Å². The third kappa shape index (κ3) is 3.68. The predicted octanol–water partition coefficient (Wildman–Crippen LogP) is 3.19. The summed E-state index contributed by atoms with van der Waals surface area (Å²) in [7, 11) is 1.78. The van der Waals surface area contributed by atoms with E-state index in [1.54, 1.807) is 40.5 Å². The normalized spacial score (nSPS) is 10.9. The lowest BCUT2D eigenvalue weighted by atomic mass is 10.3. The first kappa shape index (κ1) is 15.9. The van der Waals surface area contributed by atoms with E-state index < -0.39 is 0 Å². The lowest BCUT2D eigenvalue weighted by Crippen LogP contribution is -2.27. The summed E-state index contributed by atoms with van der Waals surface area (Å²) in [6, 6.07) is 6.00. The second-order valence-corrected chi connectivity index (χ2v) is 7.55. The van der Waals surface area contributed by atoms with E-state index in [9.17, 15) is 4.79 Å². The Morgan fingerprint density at radius 3 is 2.83 bits per heavy atom. The first-order valence-corrected chi connectivity index (χ1v) is 9.02. The monoisotopic (exact) mass is 346 g/mol. The minimum absolute atomic E-state index is 0.0833. The summed E-state index contributed by atoms with van der Waals surface area (Å²) in [5.74, 6) is -0.0833. The number of hydrogen-bond donors (Lipinski definition) is 1. The zero-order valence-corrected chi connectivity index (χ0v) is 14.9. The second kappa shape index (κ2) is 6.64. The number of amides is 1. The Kier molecular flexibility index (Phi) is 4.58. The van der Waals surface area contributed by atoms with Crippen molar-refractivity contribution >= 4 is 28.6 Å². The maximum atomic E-state index is 12.1. The molecule has 0 saturated carbocycles. The maximum absolute atomic E-state index is 12.1. The minimum Gasteiger partial charge on any atom is -0.350 e. The van der Waals surface area contributed by atoms with E-state index in [0.717, 1.165) is 22.8 Å². The van der Waals surface area contributed by atoms with Gasteiger partial charge < -0.3 is 5.32 Å². The fourth-order valence-corrected chi connectivity index (χ4v) is 3.99. The van der Waals surface area contributed by atoms with Gasteiger partial charge in [0.25, 0.3) is 5.91 Å². The fraction of sp³-hybridized carbons (Fsp3) is 0.312. The zero-order chi connectivity index (χ0) is 16.4. The molecule has 23 heavy (non-hydrogen) atoms. The summed E-state index contributed by atoms with van der Waals surface area (Å²) >= 11 is 3.39. The van der Waals surface area contributed by atoms with Gasteiger partial charge in [0.1, 0.15) is 5.69 Å². The number of nitrogens with one attached hydrogen (secondary N) is 1. The molecule has 0 atom stereocenters. The molecular weight excluding hydrogens is 328 g/mol. The molecule has 0 aliphatic heterocycles. The van der Waals surface area contributed by atoms with Gasteiger partial charge in [-0.2, -0.15) is 5.10 Å². The molecule has 7 heteroatoms. The van der Waals surface area contributed by atoms with Crippen LogP contribution in [0, 0.1) is 13.8 Å². The van der Waals surface area contributed by atoms with E-state index in [-0.39, 0.29) is 5.91 Å². The van der Waals surface area contributed by atoms with Gasteiger partial charge in [-0.25, -0.2) is 4.98 Å². The number of thiophene rings is 1. The number of rotatable bonds is 5. The summed E-state index contributed by atoms with van der Waals surface area (Å²) in [6.07, 6.45) is 0.816. The van der Waals surface area contributed by atoms with Crippen LogP contribution < -0.4 is 5.32 Å². The quantitative estimate of drug-likeness (QED) is 0.772. The van der Waals surface area contributed by atoms with Crippen LogP contribution in [-0.4, -0.2) is 27.2 Å². The average Bonchev–Trinajstić information content (AvgIpc) is 3.19. The van der Waals surface area contributed by atoms with Crippen LogP contribution in [0.3, 0.4) is 0 Å². The first-order valence-electron chi connectivity index (χ1n) is 7.33. The molecule has 0 radical (unpaired) electrons. The van der Waals surface area contributed by atoms with E-state index in [1.165, 1.54) is 9.75 Å². The molecule has 5 nitrogen and oxygen atoms in total. The highest BCUT2D eigenvalue weighted by molar-refractivity contribution is 7.16. The van der Waals surface area contributed by atoms with Gasteiger partial charge >= 0.3 is 0 Å². The topological polar surface area (TPSA) is 59.8 Å². The molecule has 3 aromatic heterocycles. The predicted molar refractivity (Wildman–Crippen MR) is 94.1 cm³/mol. The molecule has 3 aromatic rings. The summed E-state index contributed by atoms with van der Waals surface area (Å²) < 4.78 is 1.61. The smallest absolute Gasteiger partial charge is 0.269 e. The van der Waals surface area contributed by atoms with Gasteiger partial charge in [-0.3, -0.25) is 9.48 Å². The molecule has 0 aromatic carbocycles. The van der Waals surface area contributed by atoms with E-state index in [1.807, 2.05) is 13.8 Å². The highest BCUT2D eigenvalue weighted by atomic mass is 32.1. The summed E-state index contributed by atoms with van der Waals surface area (Å²) in [4.78, 5) is 19.0. The standard InChI is InChI=1S/C16H18N4OS2/c1-10-8-14(20(3)19-10)16(21)17-7-6-12-4-5-15(23-12)13-9-22-11(2)18-13/h4-5,8-9H,6-7H2,1-3H3,(H,17,21). The molecule has 0 aliphatic carbocycles. The summed E-state index contributed by atoms with van der Waals surface area (Å²) in [6.45, 7) is 4.50. The largest absolute Gasteiger partial charge is 0.350 e. The van der Waals surface area contributed by atoms with Crippen molar-refractivity contribution < 1.29 is 4.79 Å². The van der Waals surface area contributed by atoms with Crippen molar-refractivity contribution in [1.82, 2.24) is 20.1 Å². The molecule has 0 aliphatic rings. The van der Waals surface area contributed by atoms with Crippen LogP contribution in [0.5, 0.6) is 0 Å². The number of carbonyl (C=O) groups is 1. The van der Waals surface area contributed by atoms with Gasteiger partial charge in [0.15, 0.2) is 0 Å². The Labute approximate surface area is 143 Å². The average molecular weight is 346 g/mol. The molecule has 1 N–H and O–H groups in total. The third-order valence-corrected chi connectivity index (χ3v) is 5.37. The second-order valence-electron chi connectivity index (χ2n) is 5.32. The Morgan fingerprint density at radius 2 is 2.17 bits per heavy atom. The first-order chi connectivity index (χ1) is 11.0. The number of nitrogens with zero attached hydrogens (tertiary/aromatic N) is 3. The molecule has 3 rings (SSSR count). The highest BCUT2D eigenvalue weighted by Crippen LogP contribution is 2.29. The van der Waals surface area contributed by atoms with Gasteiger partial charge in [-0.05, 0) is 38.5 Å². The van der Waals surface area contributed by atoms with Crippen molar-refractivity contribution in [3.05, 3.63) is 44.9 Å². The Balaban J connectivity index is 1.56. The highest BCUT2D eigenvalue weighted by Gasteiger charge is 2.11. The van der Waals surface area contributed by atoms with Gasteiger partial charge in [0.2, 0.25) is 0 Å². The molecule has 0 fully saturated rings. The van der Waals surface area contributed by atoms with Crippen molar-refractivity contribution in [2.75, 3.05) is 6.54 Å². The van der Waals surface area contributed by atoms with Crippen LogP contribution in [0.4, 0.5) is 0 Å². The van der Waals surface area contributed by atoms with Crippen LogP contribution in [-0.2, 0) is 13.5 Å². The fourth-order valence-electron chi connectivity index (χ4n) is 2.34. The van der Waals surface area contributed by atoms with Crippen LogP contribution in [0.25, 0.3) is 10.6 Å². The molecule has 3 heterocycles. The number of aromatic nitrogens is 3. The van der Waals surface area contributed by atoms with Gasteiger partial charge in [0, 0.05) is 23.8 Å². The minimum atomic E-state index is -0.0833. The van der Waals surface area contributed by atoms with Crippen molar-refractivity contribution in [2.24, 2.45) is 7.05 Å². The van der Waals surface area contributed by atoms with Gasteiger partial charge in [0.05, 0.1) is 21.3 Å². The maximum Gasteiger partial charge on any atom is 0.269 e. The molecule has 0 unspecified atom stereocenters. The molecular formula is C16H18N4OS2. The molecule has 0 bridgehead atoms. The van der Waals surface area contributed by atoms with Crippen molar-refractivity contribution in [2.45, 2.75) is 20.3 Å². The Bertz CT molecular complexity index is 831. The number of hydrogen-bond acceptors (Lipinski definition) is 5. The molecule has 1 amide bonds. The molecule has 0 saturated heterocycles. The van der Waals surface area contributed by atoms with Crippen molar-refractivity contribution in [3.8, 4) is 10.6 Å². The van der Waals surface area contributed by atoms with Gasteiger partial charge in [-0.1, -0.05) is 0 Å². The summed E-state index contributed by atoms with van der Waals surface area (Å²) in [5.41, 5.74) is 2.48. The summed E-state index contributed by atoms with van der Waals surface area (Å²) in [5, 5.41) is 10.3. The lowest BCUT2D eigenvalue weighted by Gasteiger charge is -2.04. The van der Waals surface area contributed by atoms with E-state index in [2.05, 4.69) is 32.9 Å². The van der Waals surface area contributed by atoms with E-state index >= 15 is 0 Å². The molecule has 120 valence electrons. The van der Waals surface area contributed by atoms with Crippen LogP contribution >= 0.6 is 22.7 Å². The Morgan fingerprint density at radius 1 is 1.35 bits per heavy atom. The van der Waals surface area contributed by atoms with Gasteiger partial charge in [-0.15, -0.1) is 22.7 Å². The Hall–Kier alpha value is -1.99. The number of carbonyl (C=O) groups excluding carboxylic acids is 1. The van der Waals surface area contributed by atoms with Crippen molar-refractivity contribution in [1.29, 1.82) is 0 Å². The lowest BCUT2D eigenvalue weighted by molar-refractivity contribution is 0.0945. The number of thiazole rings is 1. The number of aryl methyl sites for hydroxylation is 3. The van der Waals surface area contributed by atoms with E-state index in [0.29, 0.717) is 12.2 Å². The van der Waals surface area contributed by atoms with Crippen molar-refractivity contribution in [3.63, 3.8) is 0 Å². The third-order valence-electron chi connectivity index (χ3n) is 3.42. The SMILES string of the molecule is Cc1cc(C(=O)NCCc2ccc(-c3csc(C)n3)s2)n(C)n1. The molecule has 0 spiro atoms. The zero-order valence-electron chi connectivity index (χ0n) is 13.3. The van der Waals surface area contributed by atoms with Crippen LogP contribution in [0.1, 0.15) is 26.1 Å². The van der Waals surface area contributed by atoms with Crippen LogP contribution in [0.15, 0.2) is 23.6 Å².